The third-order valence-electron chi connectivity index (χ3n) is 3.44. The maximum absolute atomic E-state index is 13.3. The van der Waals surface area contributed by atoms with Gasteiger partial charge in [-0.2, -0.15) is 13.2 Å². The fourth-order valence-electron chi connectivity index (χ4n) is 2.28. The second-order valence-corrected chi connectivity index (χ2v) is 5.72. The number of alkyl halides is 3. The molecule has 0 amide bonds. The fraction of sp³-hybridized carbons (Fsp3) is 0.118. The van der Waals surface area contributed by atoms with Crippen LogP contribution >= 0.6 is 11.6 Å². The van der Waals surface area contributed by atoms with E-state index in [-0.39, 0.29) is 16.9 Å². The molecule has 1 N–H and O–H groups in total. The van der Waals surface area contributed by atoms with Crippen LogP contribution in [0.4, 0.5) is 13.2 Å². The predicted octanol–water partition coefficient (Wildman–Crippen LogP) is 5.27. The molecule has 130 valence electrons. The number of hydrogen-bond acceptors (Lipinski definition) is 4. The monoisotopic (exact) mass is 370 g/mol. The van der Waals surface area contributed by atoms with Crippen LogP contribution in [0.1, 0.15) is 11.3 Å². The van der Waals surface area contributed by atoms with Crippen LogP contribution in [0.3, 0.4) is 0 Å². The Morgan fingerprint density at radius 2 is 1.88 bits per heavy atom. The summed E-state index contributed by atoms with van der Waals surface area (Å²) in [5.74, 6) is -2.84. The average molecular weight is 371 g/mol. The summed E-state index contributed by atoms with van der Waals surface area (Å²) in [6.45, 7) is 1.58. The lowest BCUT2D eigenvalue weighted by atomic mass is 10.2. The number of phenols is 1. The third-order valence-corrected chi connectivity index (χ3v) is 3.68. The van der Waals surface area contributed by atoms with Crippen molar-refractivity contribution >= 4 is 22.6 Å². The number of fused-ring (bicyclic) bond motifs is 1. The molecule has 1 heterocycles. The van der Waals surface area contributed by atoms with Gasteiger partial charge in [0, 0.05) is 11.1 Å². The summed E-state index contributed by atoms with van der Waals surface area (Å²) in [4.78, 5) is 12.5. The van der Waals surface area contributed by atoms with E-state index in [1.54, 1.807) is 6.92 Å². The summed E-state index contributed by atoms with van der Waals surface area (Å²) < 4.78 is 50.0. The molecule has 3 rings (SSSR count). The van der Waals surface area contributed by atoms with Gasteiger partial charge in [-0.15, -0.1) is 0 Å². The molecule has 2 aromatic carbocycles. The fourth-order valence-corrected chi connectivity index (χ4v) is 2.51. The molecule has 4 nitrogen and oxygen atoms in total. The standard InChI is InChI=1S/C17H10ClF3O4/c1-8-6-9(18)2-5-12(8)24-15-14(23)11-4-3-10(22)7-13(11)25-16(15)17(19,20)21/h2-7,22H,1H3. The van der Waals surface area contributed by atoms with Gasteiger partial charge in [-0.25, -0.2) is 0 Å². The van der Waals surface area contributed by atoms with Crippen LogP contribution in [0.25, 0.3) is 11.0 Å². The highest BCUT2D eigenvalue weighted by Crippen LogP contribution is 2.39. The number of halogens is 4. The molecule has 0 atom stereocenters. The Hall–Kier alpha value is -2.67. The van der Waals surface area contributed by atoms with E-state index in [0.717, 1.165) is 12.1 Å². The lowest BCUT2D eigenvalue weighted by Gasteiger charge is -2.14. The first-order valence-electron chi connectivity index (χ1n) is 6.98. The predicted molar refractivity (Wildman–Crippen MR) is 85.4 cm³/mol. The van der Waals surface area contributed by atoms with Crippen molar-refractivity contribution in [3.63, 3.8) is 0 Å². The van der Waals surface area contributed by atoms with E-state index < -0.39 is 28.7 Å². The van der Waals surface area contributed by atoms with Crippen LogP contribution in [0.15, 0.2) is 45.6 Å². The second-order valence-electron chi connectivity index (χ2n) is 5.28. The van der Waals surface area contributed by atoms with Gasteiger partial charge in [0.2, 0.25) is 11.2 Å². The largest absolute Gasteiger partial charge is 0.508 e. The van der Waals surface area contributed by atoms with Gasteiger partial charge >= 0.3 is 6.18 Å². The van der Waals surface area contributed by atoms with Crippen molar-refractivity contribution in [1.29, 1.82) is 0 Å². The van der Waals surface area contributed by atoms with Gasteiger partial charge < -0.3 is 14.3 Å². The van der Waals surface area contributed by atoms with Crippen molar-refractivity contribution in [2.75, 3.05) is 0 Å². The SMILES string of the molecule is Cc1cc(Cl)ccc1Oc1c(C(F)(F)F)oc2cc(O)ccc2c1=O. The smallest absolute Gasteiger partial charge is 0.453 e. The molecule has 1 aromatic heterocycles. The first kappa shape index (κ1) is 17.2. The summed E-state index contributed by atoms with van der Waals surface area (Å²) in [7, 11) is 0. The Morgan fingerprint density at radius 3 is 2.52 bits per heavy atom. The van der Waals surface area contributed by atoms with E-state index in [1.807, 2.05) is 0 Å². The number of ether oxygens (including phenoxy) is 1. The zero-order valence-electron chi connectivity index (χ0n) is 12.6. The van der Waals surface area contributed by atoms with Crippen LogP contribution in [-0.4, -0.2) is 5.11 Å². The van der Waals surface area contributed by atoms with E-state index in [0.29, 0.717) is 10.6 Å². The van der Waals surface area contributed by atoms with Gasteiger partial charge in [-0.3, -0.25) is 4.79 Å². The van der Waals surface area contributed by atoms with Gasteiger partial charge in [0.05, 0.1) is 5.39 Å². The number of benzene rings is 2. The zero-order chi connectivity index (χ0) is 18.4. The summed E-state index contributed by atoms with van der Waals surface area (Å²) >= 11 is 5.81. The molecule has 8 heteroatoms. The Morgan fingerprint density at radius 1 is 1.16 bits per heavy atom. The Balaban J connectivity index is 2.26. The maximum atomic E-state index is 13.3. The highest BCUT2D eigenvalue weighted by Gasteiger charge is 2.40. The molecule has 0 saturated carbocycles. The minimum atomic E-state index is -4.96. The molecule has 0 saturated heterocycles. The van der Waals surface area contributed by atoms with Crippen molar-refractivity contribution < 1.29 is 27.4 Å². The molecule has 0 aliphatic carbocycles. The number of aromatic hydroxyl groups is 1. The lowest BCUT2D eigenvalue weighted by molar-refractivity contribution is -0.154. The van der Waals surface area contributed by atoms with Crippen molar-refractivity contribution in [3.05, 3.63) is 63.0 Å². The molecule has 0 spiro atoms. The molecule has 0 bridgehead atoms. The summed E-state index contributed by atoms with van der Waals surface area (Å²) in [6, 6.07) is 7.55. The van der Waals surface area contributed by atoms with Crippen molar-refractivity contribution in [3.8, 4) is 17.2 Å². The molecular weight excluding hydrogens is 361 g/mol. The van der Waals surface area contributed by atoms with E-state index in [4.69, 9.17) is 20.8 Å². The van der Waals surface area contributed by atoms with Crippen molar-refractivity contribution in [2.24, 2.45) is 0 Å². The first-order valence-corrected chi connectivity index (χ1v) is 7.35. The second kappa shape index (κ2) is 6.00. The minimum Gasteiger partial charge on any atom is -0.508 e. The molecule has 0 radical (unpaired) electrons. The number of rotatable bonds is 2. The zero-order valence-corrected chi connectivity index (χ0v) is 13.4. The lowest BCUT2D eigenvalue weighted by Crippen LogP contribution is -2.15. The minimum absolute atomic E-state index is 0.0420. The quantitative estimate of drug-likeness (QED) is 0.667. The third kappa shape index (κ3) is 3.28. The van der Waals surface area contributed by atoms with E-state index >= 15 is 0 Å². The molecular formula is C17H10ClF3O4. The van der Waals surface area contributed by atoms with Gasteiger partial charge in [0.25, 0.3) is 5.76 Å². The highest BCUT2D eigenvalue weighted by molar-refractivity contribution is 6.30. The first-order chi connectivity index (χ1) is 11.7. The van der Waals surface area contributed by atoms with Gasteiger partial charge in [-0.1, -0.05) is 11.6 Å². The Bertz CT molecular complexity index is 1020. The maximum Gasteiger partial charge on any atom is 0.453 e. The highest BCUT2D eigenvalue weighted by atomic mass is 35.5. The van der Waals surface area contributed by atoms with Gasteiger partial charge in [0.1, 0.15) is 17.1 Å². The van der Waals surface area contributed by atoms with Gasteiger partial charge in [0.15, 0.2) is 0 Å². The molecule has 0 fully saturated rings. The number of phenolic OH excluding ortho intramolecular Hbond substituents is 1. The molecule has 3 aromatic rings. The Kier molecular flexibility index (Phi) is 4.12. The normalized spacial score (nSPS) is 11.7. The number of aryl methyl sites for hydroxylation is 1. The van der Waals surface area contributed by atoms with Crippen LogP contribution < -0.4 is 10.2 Å². The summed E-state index contributed by atoms with van der Waals surface area (Å²) in [6.07, 6.45) is -4.96. The summed E-state index contributed by atoms with van der Waals surface area (Å²) in [5, 5.41) is 9.63. The molecule has 0 aliphatic rings. The van der Waals surface area contributed by atoms with Crippen LogP contribution in [-0.2, 0) is 6.18 Å². The van der Waals surface area contributed by atoms with E-state index in [2.05, 4.69) is 0 Å². The Labute approximate surface area is 144 Å². The molecule has 0 aliphatic heterocycles. The van der Waals surface area contributed by atoms with Crippen LogP contribution in [0.5, 0.6) is 17.2 Å². The summed E-state index contributed by atoms with van der Waals surface area (Å²) in [5.41, 5.74) is -0.939. The number of hydrogen-bond donors (Lipinski definition) is 1. The van der Waals surface area contributed by atoms with Gasteiger partial charge in [-0.05, 0) is 42.8 Å². The van der Waals surface area contributed by atoms with Crippen molar-refractivity contribution in [1.82, 2.24) is 0 Å². The van der Waals surface area contributed by atoms with Crippen molar-refractivity contribution in [2.45, 2.75) is 13.1 Å². The van der Waals surface area contributed by atoms with E-state index in [9.17, 15) is 23.1 Å². The molecule has 0 unspecified atom stereocenters. The van der Waals surface area contributed by atoms with Crippen LogP contribution in [0.2, 0.25) is 5.02 Å². The van der Waals surface area contributed by atoms with Crippen LogP contribution in [0, 0.1) is 6.92 Å². The topological polar surface area (TPSA) is 59.7 Å². The average Bonchev–Trinajstić information content (AvgIpc) is 2.50. The van der Waals surface area contributed by atoms with E-state index in [1.165, 1.54) is 24.3 Å². The molecule has 25 heavy (non-hydrogen) atoms.